The molecule has 0 amide bonds. The van der Waals surface area contributed by atoms with Crippen molar-refractivity contribution in [2.24, 2.45) is 5.92 Å². The van der Waals surface area contributed by atoms with Crippen molar-refractivity contribution < 1.29 is 4.74 Å². The molecule has 2 atom stereocenters. The quantitative estimate of drug-likeness (QED) is 0.808. The average Bonchev–Trinajstić information content (AvgIpc) is 2.40. The summed E-state index contributed by atoms with van der Waals surface area (Å²) in [6.45, 7) is 10.2. The van der Waals surface area contributed by atoms with Gasteiger partial charge in [0.1, 0.15) is 0 Å². The standard InChI is InChI=1S/C18H35NO/c1-15-10-6-7-11-16(15)20-18(12-8-5-9-13-18)14-19-17(2,3)4/h15-16,19H,5-14H2,1-4H3. The summed E-state index contributed by atoms with van der Waals surface area (Å²) in [6.07, 6.45) is 12.5. The first-order chi connectivity index (χ1) is 9.40. The number of nitrogens with one attached hydrogen (secondary N) is 1. The van der Waals surface area contributed by atoms with E-state index in [0.29, 0.717) is 6.10 Å². The van der Waals surface area contributed by atoms with E-state index in [1.54, 1.807) is 0 Å². The molecule has 0 aromatic heterocycles. The Morgan fingerprint density at radius 3 is 2.25 bits per heavy atom. The van der Waals surface area contributed by atoms with Crippen molar-refractivity contribution in [2.45, 2.75) is 103 Å². The molecule has 2 nitrogen and oxygen atoms in total. The maximum atomic E-state index is 6.77. The van der Waals surface area contributed by atoms with Gasteiger partial charge in [-0.3, -0.25) is 0 Å². The Balaban J connectivity index is 1.98. The van der Waals surface area contributed by atoms with Crippen LogP contribution >= 0.6 is 0 Å². The highest BCUT2D eigenvalue weighted by Crippen LogP contribution is 2.37. The highest BCUT2D eigenvalue weighted by molar-refractivity contribution is 4.91. The molecule has 0 saturated heterocycles. The van der Waals surface area contributed by atoms with Gasteiger partial charge in [0.05, 0.1) is 11.7 Å². The van der Waals surface area contributed by atoms with Crippen LogP contribution in [0.5, 0.6) is 0 Å². The van der Waals surface area contributed by atoms with Gasteiger partial charge in [0.15, 0.2) is 0 Å². The Labute approximate surface area is 126 Å². The summed E-state index contributed by atoms with van der Waals surface area (Å²) in [5.74, 6) is 0.747. The second-order valence-corrected chi connectivity index (χ2v) is 8.27. The molecule has 0 heterocycles. The van der Waals surface area contributed by atoms with E-state index < -0.39 is 0 Å². The lowest BCUT2D eigenvalue weighted by Crippen LogP contribution is -2.52. The summed E-state index contributed by atoms with van der Waals surface area (Å²) in [7, 11) is 0. The predicted molar refractivity (Wildman–Crippen MR) is 86.1 cm³/mol. The van der Waals surface area contributed by atoms with E-state index in [1.165, 1.54) is 57.8 Å². The summed E-state index contributed by atoms with van der Waals surface area (Å²) in [4.78, 5) is 0. The van der Waals surface area contributed by atoms with Gasteiger partial charge in [0.25, 0.3) is 0 Å². The van der Waals surface area contributed by atoms with Gasteiger partial charge in [0.2, 0.25) is 0 Å². The molecule has 20 heavy (non-hydrogen) atoms. The van der Waals surface area contributed by atoms with Crippen LogP contribution in [-0.4, -0.2) is 23.8 Å². The minimum atomic E-state index is 0.113. The predicted octanol–water partition coefficient (Wildman–Crippen LogP) is 4.67. The Morgan fingerprint density at radius 2 is 1.65 bits per heavy atom. The monoisotopic (exact) mass is 281 g/mol. The van der Waals surface area contributed by atoms with Gasteiger partial charge in [-0.05, 0) is 52.4 Å². The molecular formula is C18H35NO. The van der Waals surface area contributed by atoms with Crippen molar-refractivity contribution in [3.8, 4) is 0 Å². The Hall–Kier alpha value is -0.0800. The molecule has 0 aliphatic heterocycles. The van der Waals surface area contributed by atoms with Crippen LogP contribution in [0.15, 0.2) is 0 Å². The minimum absolute atomic E-state index is 0.113. The van der Waals surface area contributed by atoms with Gasteiger partial charge in [-0.15, -0.1) is 0 Å². The van der Waals surface area contributed by atoms with Crippen LogP contribution in [0.3, 0.4) is 0 Å². The van der Waals surface area contributed by atoms with Crippen LogP contribution < -0.4 is 5.32 Å². The second-order valence-electron chi connectivity index (χ2n) is 8.27. The molecule has 1 N–H and O–H groups in total. The van der Waals surface area contributed by atoms with Gasteiger partial charge in [-0.2, -0.15) is 0 Å². The molecule has 2 fully saturated rings. The van der Waals surface area contributed by atoms with Gasteiger partial charge in [-0.25, -0.2) is 0 Å². The normalized spacial score (nSPS) is 31.2. The molecule has 0 radical (unpaired) electrons. The van der Waals surface area contributed by atoms with Gasteiger partial charge in [0, 0.05) is 12.1 Å². The highest BCUT2D eigenvalue weighted by atomic mass is 16.5. The molecule has 0 bridgehead atoms. The number of ether oxygens (including phenoxy) is 1. The summed E-state index contributed by atoms with van der Waals surface area (Å²) in [6, 6.07) is 0. The van der Waals surface area contributed by atoms with Crippen molar-refractivity contribution in [1.29, 1.82) is 0 Å². The SMILES string of the molecule is CC1CCCCC1OC1(CNC(C)(C)C)CCCCC1. The van der Waals surface area contributed by atoms with Crippen LogP contribution in [0.25, 0.3) is 0 Å². The fraction of sp³-hybridized carbons (Fsp3) is 1.00. The number of rotatable bonds is 4. The van der Waals surface area contributed by atoms with E-state index in [2.05, 4.69) is 33.0 Å². The van der Waals surface area contributed by atoms with Crippen molar-refractivity contribution in [1.82, 2.24) is 5.32 Å². The van der Waals surface area contributed by atoms with Gasteiger partial charge in [-0.1, -0.05) is 39.0 Å². The first-order valence-electron chi connectivity index (χ1n) is 8.83. The summed E-state index contributed by atoms with van der Waals surface area (Å²) >= 11 is 0. The maximum absolute atomic E-state index is 6.77. The van der Waals surface area contributed by atoms with Crippen LogP contribution in [0.2, 0.25) is 0 Å². The maximum Gasteiger partial charge on any atom is 0.0810 e. The zero-order valence-electron chi connectivity index (χ0n) is 14.1. The third kappa shape index (κ3) is 4.73. The molecule has 2 rings (SSSR count). The first kappa shape index (κ1) is 16.3. The van der Waals surface area contributed by atoms with Crippen LogP contribution in [0.4, 0.5) is 0 Å². The molecular weight excluding hydrogens is 246 g/mol. The van der Waals surface area contributed by atoms with Crippen LogP contribution in [-0.2, 0) is 4.74 Å². The zero-order chi connectivity index (χ0) is 14.6. The lowest BCUT2D eigenvalue weighted by molar-refractivity contribution is -0.139. The first-order valence-corrected chi connectivity index (χ1v) is 8.83. The number of hydrogen-bond acceptors (Lipinski definition) is 2. The third-order valence-electron chi connectivity index (χ3n) is 5.14. The Morgan fingerprint density at radius 1 is 1.00 bits per heavy atom. The van der Waals surface area contributed by atoms with E-state index in [1.807, 2.05) is 0 Å². The smallest absolute Gasteiger partial charge is 0.0810 e. The Bertz CT molecular complexity index is 288. The van der Waals surface area contributed by atoms with E-state index in [0.717, 1.165) is 12.5 Å². The van der Waals surface area contributed by atoms with E-state index in [-0.39, 0.29) is 11.1 Å². The molecule has 2 unspecified atom stereocenters. The van der Waals surface area contributed by atoms with Crippen molar-refractivity contribution >= 4 is 0 Å². The van der Waals surface area contributed by atoms with Gasteiger partial charge < -0.3 is 10.1 Å². The topological polar surface area (TPSA) is 21.3 Å². The molecule has 2 saturated carbocycles. The molecule has 0 aromatic carbocycles. The molecule has 118 valence electrons. The summed E-state index contributed by atoms with van der Waals surface area (Å²) < 4.78 is 6.77. The highest BCUT2D eigenvalue weighted by Gasteiger charge is 2.38. The molecule has 0 spiro atoms. The fourth-order valence-electron chi connectivity index (χ4n) is 3.74. The van der Waals surface area contributed by atoms with E-state index >= 15 is 0 Å². The Kier molecular flexibility index (Phi) is 5.53. The van der Waals surface area contributed by atoms with Crippen LogP contribution in [0.1, 0.15) is 85.5 Å². The van der Waals surface area contributed by atoms with Crippen LogP contribution in [0, 0.1) is 5.92 Å². The summed E-state index contributed by atoms with van der Waals surface area (Å²) in [5.41, 5.74) is 0.299. The van der Waals surface area contributed by atoms with Crippen molar-refractivity contribution in [2.75, 3.05) is 6.54 Å². The lowest BCUT2D eigenvalue weighted by Gasteiger charge is -2.44. The van der Waals surface area contributed by atoms with Crippen molar-refractivity contribution in [3.63, 3.8) is 0 Å². The average molecular weight is 281 g/mol. The van der Waals surface area contributed by atoms with E-state index in [9.17, 15) is 0 Å². The second kappa shape index (κ2) is 6.79. The summed E-state index contributed by atoms with van der Waals surface area (Å²) in [5, 5.41) is 3.71. The van der Waals surface area contributed by atoms with E-state index in [4.69, 9.17) is 4.74 Å². The molecule has 2 aliphatic rings. The fourth-order valence-corrected chi connectivity index (χ4v) is 3.74. The molecule has 0 aromatic rings. The number of hydrogen-bond donors (Lipinski definition) is 1. The van der Waals surface area contributed by atoms with Crippen molar-refractivity contribution in [3.05, 3.63) is 0 Å². The lowest BCUT2D eigenvalue weighted by atomic mass is 9.82. The largest absolute Gasteiger partial charge is 0.370 e. The zero-order valence-corrected chi connectivity index (χ0v) is 14.1. The van der Waals surface area contributed by atoms with Gasteiger partial charge >= 0.3 is 0 Å². The molecule has 2 aliphatic carbocycles. The third-order valence-corrected chi connectivity index (χ3v) is 5.14. The molecule has 2 heteroatoms. The minimum Gasteiger partial charge on any atom is -0.370 e.